The second kappa shape index (κ2) is 10.4. The molecule has 0 heterocycles. The van der Waals surface area contributed by atoms with Gasteiger partial charge in [0.25, 0.3) is 5.91 Å². The minimum Gasteiger partial charge on any atom is -0.493 e. The van der Waals surface area contributed by atoms with Crippen molar-refractivity contribution in [2.45, 2.75) is 38.3 Å². The lowest BCUT2D eigenvalue weighted by Crippen LogP contribution is -2.33. The quantitative estimate of drug-likeness (QED) is 0.448. The molecule has 5 nitrogen and oxygen atoms in total. The molecule has 0 radical (unpaired) electrons. The molecular weight excluding hydrogens is 423 g/mol. The highest BCUT2D eigenvalue weighted by atomic mass is 35.5. The van der Waals surface area contributed by atoms with E-state index in [2.05, 4.69) is 5.32 Å². The lowest BCUT2D eigenvalue weighted by molar-refractivity contribution is -0.117. The number of methoxy groups -OCH3 is 1. The number of amides is 1. The molecule has 0 spiro atoms. The fourth-order valence-corrected chi connectivity index (χ4v) is 3.80. The van der Waals surface area contributed by atoms with Crippen molar-refractivity contribution in [2.24, 2.45) is 0 Å². The molecule has 2 aromatic rings. The van der Waals surface area contributed by atoms with Crippen molar-refractivity contribution in [3.05, 3.63) is 63.1 Å². The van der Waals surface area contributed by atoms with Crippen molar-refractivity contribution in [1.82, 2.24) is 5.32 Å². The first-order chi connectivity index (χ1) is 14.5. The molecule has 1 fully saturated rings. The Kier molecular flexibility index (Phi) is 7.62. The number of hydrogen-bond donors (Lipinski definition) is 1. The molecule has 0 atom stereocenters. The second-order valence-corrected chi connectivity index (χ2v) is 7.90. The van der Waals surface area contributed by atoms with E-state index in [0.29, 0.717) is 27.1 Å². The molecule has 3 rings (SSSR count). The van der Waals surface area contributed by atoms with Gasteiger partial charge in [-0.1, -0.05) is 48.2 Å². The van der Waals surface area contributed by atoms with E-state index in [1.807, 2.05) is 6.07 Å². The number of ether oxygens (including phenoxy) is 2. The normalized spacial score (nSPS) is 14.3. The number of halogens is 2. The largest absolute Gasteiger partial charge is 0.493 e. The summed E-state index contributed by atoms with van der Waals surface area (Å²) in [5.74, 6) is 0.665. The van der Waals surface area contributed by atoms with E-state index in [-0.39, 0.29) is 24.1 Å². The van der Waals surface area contributed by atoms with Crippen LogP contribution in [-0.2, 0) is 11.4 Å². The van der Waals surface area contributed by atoms with Gasteiger partial charge in [-0.25, -0.2) is 0 Å². The zero-order chi connectivity index (χ0) is 21.5. The summed E-state index contributed by atoms with van der Waals surface area (Å²) in [5, 5.41) is 13.4. The van der Waals surface area contributed by atoms with Crippen molar-refractivity contribution >= 4 is 35.2 Å². The van der Waals surface area contributed by atoms with Crippen LogP contribution in [0.4, 0.5) is 0 Å². The molecule has 0 bridgehead atoms. The predicted molar refractivity (Wildman–Crippen MR) is 118 cm³/mol. The summed E-state index contributed by atoms with van der Waals surface area (Å²) < 4.78 is 11.3. The molecule has 7 heteroatoms. The molecule has 1 saturated carbocycles. The number of nitrogens with zero attached hydrogens (tertiary/aromatic N) is 1. The zero-order valence-corrected chi connectivity index (χ0v) is 18.1. The molecule has 1 N–H and O–H groups in total. The summed E-state index contributed by atoms with van der Waals surface area (Å²) in [6, 6.07) is 12.6. The summed E-state index contributed by atoms with van der Waals surface area (Å²) in [7, 11) is 1.53. The van der Waals surface area contributed by atoms with Gasteiger partial charge >= 0.3 is 0 Å². The van der Waals surface area contributed by atoms with Gasteiger partial charge in [-0.3, -0.25) is 4.79 Å². The maximum absolute atomic E-state index is 12.4. The van der Waals surface area contributed by atoms with Crippen molar-refractivity contribution in [3.63, 3.8) is 0 Å². The maximum Gasteiger partial charge on any atom is 0.262 e. The predicted octanol–water partition coefficient (Wildman–Crippen LogP) is 5.55. The summed E-state index contributed by atoms with van der Waals surface area (Å²) in [5.41, 5.74) is 1.52. The average molecular weight is 445 g/mol. The topological polar surface area (TPSA) is 71.3 Å². The SMILES string of the molecule is COc1cc(/C=C(/C#N)C(=O)NC2CCCC2)ccc1OCc1ccc(Cl)cc1Cl. The third-order valence-electron chi connectivity index (χ3n) is 4.95. The van der Waals surface area contributed by atoms with Gasteiger partial charge in [0.2, 0.25) is 0 Å². The van der Waals surface area contributed by atoms with Crippen LogP contribution in [0.15, 0.2) is 42.0 Å². The first-order valence-corrected chi connectivity index (χ1v) is 10.4. The number of nitrogens with one attached hydrogen (secondary N) is 1. The van der Waals surface area contributed by atoms with Gasteiger partial charge in [0.05, 0.1) is 7.11 Å². The van der Waals surface area contributed by atoms with E-state index in [4.69, 9.17) is 32.7 Å². The molecule has 1 aliphatic rings. The summed E-state index contributed by atoms with van der Waals surface area (Å²) in [4.78, 5) is 12.4. The highest BCUT2D eigenvalue weighted by molar-refractivity contribution is 6.35. The highest BCUT2D eigenvalue weighted by Crippen LogP contribution is 2.31. The third-order valence-corrected chi connectivity index (χ3v) is 5.54. The molecule has 0 saturated heterocycles. The Bertz CT molecular complexity index is 992. The molecule has 30 heavy (non-hydrogen) atoms. The Morgan fingerprint density at radius 1 is 1.20 bits per heavy atom. The van der Waals surface area contributed by atoms with E-state index in [9.17, 15) is 10.1 Å². The zero-order valence-electron chi connectivity index (χ0n) is 16.6. The monoisotopic (exact) mass is 444 g/mol. The summed E-state index contributed by atoms with van der Waals surface area (Å²) in [6.45, 7) is 0.245. The smallest absolute Gasteiger partial charge is 0.262 e. The van der Waals surface area contributed by atoms with E-state index >= 15 is 0 Å². The van der Waals surface area contributed by atoms with Gasteiger partial charge in [-0.05, 0) is 48.7 Å². The number of hydrogen-bond acceptors (Lipinski definition) is 4. The Morgan fingerprint density at radius 2 is 1.97 bits per heavy atom. The van der Waals surface area contributed by atoms with Crippen LogP contribution in [0.5, 0.6) is 11.5 Å². The lowest BCUT2D eigenvalue weighted by atomic mass is 10.1. The molecule has 1 aliphatic carbocycles. The van der Waals surface area contributed by atoms with Crippen LogP contribution in [0.1, 0.15) is 36.8 Å². The van der Waals surface area contributed by atoms with Crippen LogP contribution < -0.4 is 14.8 Å². The second-order valence-electron chi connectivity index (χ2n) is 7.06. The Labute approximate surface area is 186 Å². The van der Waals surface area contributed by atoms with Crippen LogP contribution in [-0.4, -0.2) is 19.1 Å². The van der Waals surface area contributed by atoms with E-state index < -0.39 is 0 Å². The van der Waals surface area contributed by atoms with Crippen molar-refractivity contribution in [2.75, 3.05) is 7.11 Å². The van der Waals surface area contributed by atoms with Gasteiger partial charge in [-0.2, -0.15) is 5.26 Å². The van der Waals surface area contributed by atoms with Crippen LogP contribution >= 0.6 is 23.2 Å². The lowest BCUT2D eigenvalue weighted by Gasteiger charge is -2.13. The van der Waals surface area contributed by atoms with Crippen molar-refractivity contribution in [3.8, 4) is 17.6 Å². The number of benzene rings is 2. The highest BCUT2D eigenvalue weighted by Gasteiger charge is 2.19. The molecule has 0 aromatic heterocycles. The van der Waals surface area contributed by atoms with Crippen LogP contribution in [0.2, 0.25) is 10.0 Å². The standard InChI is InChI=1S/C23H22Cl2N2O3/c1-29-22-11-15(10-17(13-26)23(28)27-19-4-2-3-5-19)6-9-21(22)30-14-16-7-8-18(24)12-20(16)25/h6-12,19H,2-5,14H2,1H3,(H,27,28)/b17-10-. The van der Waals surface area contributed by atoms with Gasteiger partial charge < -0.3 is 14.8 Å². The van der Waals surface area contributed by atoms with Crippen molar-refractivity contribution < 1.29 is 14.3 Å². The van der Waals surface area contributed by atoms with Gasteiger partial charge in [0.1, 0.15) is 18.2 Å². The average Bonchev–Trinajstić information content (AvgIpc) is 3.24. The summed E-state index contributed by atoms with van der Waals surface area (Å²) >= 11 is 12.1. The number of rotatable bonds is 7. The molecule has 0 unspecified atom stereocenters. The minimum absolute atomic E-state index is 0.0607. The molecular formula is C23H22Cl2N2O3. The van der Waals surface area contributed by atoms with E-state index in [1.54, 1.807) is 42.5 Å². The molecule has 2 aromatic carbocycles. The number of carbonyl (C=O) groups is 1. The third kappa shape index (κ3) is 5.69. The van der Waals surface area contributed by atoms with Gasteiger partial charge in [0.15, 0.2) is 11.5 Å². The Morgan fingerprint density at radius 3 is 2.63 bits per heavy atom. The maximum atomic E-state index is 12.4. The van der Waals surface area contributed by atoms with Crippen molar-refractivity contribution in [1.29, 1.82) is 5.26 Å². The van der Waals surface area contributed by atoms with Crippen LogP contribution in [0, 0.1) is 11.3 Å². The molecule has 0 aliphatic heterocycles. The molecule has 1 amide bonds. The Hall–Kier alpha value is -2.68. The molecule has 156 valence electrons. The first kappa shape index (κ1) is 22.0. The minimum atomic E-state index is -0.346. The van der Waals surface area contributed by atoms with Gasteiger partial charge in [0, 0.05) is 21.7 Å². The van der Waals surface area contributed by atoms with Gasteiger partial charge in [-0.15, -0.1) is 0 Å². The fraction of sp³-hybridized carbons (Fsp3) is 0.304. The van der Waals surface area contributed by atoms with E-state index in [0.717, 1.165) is 31.2 Å². The number of nitriles is 1. The summed E-state index contributed by atoms with van der Waals surface area (Å²) in [6.07, 6.45) is 5.68. The van der Waals surface area contributed by atoms with E-state index in [1.165, 1.54) is 7.11 Å². The van der Waals surface area contributed by atoms with Crippen LogP contribution in [0.25, 0.3) is 6.08 Å². The Balaban J connectivity index is 1.72. The number of carbonyl (C=O) groups excluding carboxylic acids is 1. The fourth-order valence-electron chi connectivity index (χ4n) is 3.34. The first-order valence-electron chi connectivity index (χ1n) is 9.67. The van der Waals surface area contributed by atoms with Crippen LogP contribution in [0.3, 0.4) is 0 Å².